The molecule has 2 aromatic rings. The van der Waals surface area contributed by atoms with E-state index in [2.05, 4.69) is 20.3 Å². The van der Waals surface area contributed by atoms with Crippen molar-refractivity contribution < 1.29 is 4.79 Å². The zero-order valence-corrected chi connectivity index (χ0v) is 15.7. The molecule has 26 heavy (non-hydrogen) atoms. The molecule has 1 amide bonds. The van der Waals surface area contributed by atoms with Crippen LogP contribution in [0.3, 0.4) is 0 Å². The van der Waals surface area contributed by atoms with Gasteiger partial charge in [-0.3, -0.25) is 9.59 Å². The summed E-state index contributed by atoms with van der Waals surface area (Å²) in [6.07, 6.45) is 7.15. The lowest BCUT2D eigenvalue weighted by Gasteiger charge is -2.18. The van der Waals surface area contributed by atoms with E-state index in [0.717, 1.165) is 43.7 Å². The highest BCUT2D eigenvalue weighted by Gasteiger charge is 2.25. The molecule has 1 aliphatic heterocycles. The van der Waals surface area contributed by atoms with Crippen molar-refractivity contribution in [2.24, 2.45) is 13.0 Å². The average molecular weight is 373 g/mol. The minimum atomic E-state index is -0.105. The predicted octanol–water partition coefficient (Wildman–Crippen LogP) is 1.37. The zero-order valence-electron chi connectivity index (χ0n) is 14.9. The van der Waals surface area contributed by atoms with Gasteiger partial charge in [-0.15, -0.1) is 11.3 Å². The van der Waals surface area contributed by atoms with E-state index in [4.69, 9.17) is 0 Å². The number of rotatable bonds is 4. The monoisotopic (exact) mass is 373 g/mol. The highest BCUT2D eigenvalue weighted by Crippen LogP contribution is 2.27. The van der Waals surface area contributed by atoms with E-state index >= 15 is 0 Å². The van der Waals surface area contributed by atoms with Gasteiger partial charge >= 0.3 is 0 Å². The fourth-order valence-corrected chi connectivity index (χ4v) is 4.69. The van der Waals surface area contributed by atoms with Crippen LogP contribution in [0, 0.1) is 5.92 Å². The highest BCUT2D eigenvalue weighted by atomic mass is 32.1. The summed E-state index contributed by atoms with van der Waals surface area (Å²) in [6, 6.07) is 1.62. The number of hydrogen-bond donors (Lipinski definition) is 1. The summed E-state index contributed by atoms with van der Waals surface area (Å²) in [6.45, 7) is 2.34. The molecule has 0 saturated carbocycles. The molecule has 1 fully saturated rings. The summed E-state index contributed by atoms with van der Waals surface area (Å²) >= 11 is 1.55. The lowest BCUT2D eigenvalue weighted by atomic mass is 10.0. The first-order valence-corrected chi connectivity index (χ1v) is 9.97. The third kappa shape index (κ3) is 3.51. The molecule has 0 spiro atoms. The van der Waals surface area contributed by atoms with E-state index in [1.165, 1.54) is 22.4 Å². The molecule has 2 aromatic heterocycles. The number of amides is 1. The average Bonchev–Trinajstić information content (AvgIpc) is 3.28. The molecule has 1 aliphatic carbocycles. The van der Waals surface area contributed by atoms with Crippen LogP contribution < -0.4 is 15.8 Å². The van der Waals surface area contributed by atoms with Crippen molar-refractivity contribution in [2.75, 3.05) is 24.5 Å². The Labute approximate surface area is 156 Å². The Balaban J connectivity index is 1.32. The van der Waals surface area contributed by atoms with Gasteiger partial charge < -0.3 is 10.2 Å². The molecule has 1 N–H and O–H groups in total. The number of fused-ring (bicyclic) bond motifs is 1. The van der Waals surface area contributed by atoms with Crippen molar-refractivity contribution in [3.8, 4) is 0 Å². The molecule has 0 bridgehead atoms. The van der Waals surface area contributed by atoms with Crippen molar-refractivity contribution in [1.82, 2.24) is 20.1 Å². The van der Waals surface area contributed by atoms with Crippen LogP contribution in [-0.2, 0) is 19.9 Å². The maximum absolute atomic E-state index is 12.4. The van der Waals surface area contributed by atoms with Crippen molar-refractivity contribution >= 4 is 22.9 Å². The summed E-state index contributed by atoms with van der Waals surface area (Å²) in [5.74, 6) is 0.315. The molecule has 1 unspecified atom stereocenters. The van der Waals surface area contributed by atoms with Crippen molar-refractivity contribution in [1.29, 1.82) is 0 Å². The van der Waals surface area contributed by atoms with E-state index in [1.54, 1.807) is 30.6 Å². The second-order valence-electron chi connectivity index (χ2n) is 7.08. The van der Waals surface area contributed by atoms with Gasteiger partial charge in [-0.25, -0.2) is 9.67 Å². The first-order chi connectivity index (χ1) is 12.6. The molecule has 0 radical (unpaired) electrons. The number of hydrogen-bond acceptors (Lipinski definition) is 6. The molecule has 7 nitrogen and oxygen atoms in total. The minimum Gasteiger partial charge on any atom is -0.370 e. The molecule has 1 atom stereocenters. The van der Waals surface area contributed by atoms with E-state index < -0.39 is 0 Å². The molecule has 2 aliphatic rings. The number of aromatic nitrogens is 3. The van der Waals surface area contributed by atoms with Crippen molar-refractivity contribution in [3.63, 3.8) is 0 Å². The Hall–Kier alpha value is -2.22. The minimum absolute atomic E-state index is 0.0573. The Kier molecular flexibility index (Phi) is 4.76. The fourth-order valence-electron chi connectivity index (χ4n) is 3.63. The highest BCUT2D eigenvalue weighted by molar-refractivity contribution is 7.13. The second kappa shape index (κ2) is 7.19. The summed E-state index contributed by atoms with van der Waals surface area (Å²) in [4.78, 5) is 32.1. The number of nitrogens with one attached hydrogen (secondary N) is 1. The number of nitrogens with zero attached hydrogens (tertiary/aromatic N) is 4. The molecule has 8 heteroatoms. The van der Waals surface area contributed by atoms with Gasteiger partial charge in [0.15, 0.2) is 5.01 Å². The molecular weight excluding hydrogens is 350 g/mol. The van der Waals surface area contributed by atoms with E-state index in [9.17, 15) is 9.59 Å². The van der Waals surface area contributed by atoms with Crippen LogP contribution in [0.4, 0.5) is 5.69 Å². The van der Waals surface area contributed by atoms with Crippen LogP contribution in [-0.4, -0.2) is 40.3 Å². The third-order valence-corrected chi connectivity index (χ3v) is 6.35. The van der Waals surface area contributed by atoms with Crippen LogP contribution in [0.25, 0.3) is 0 Å². The van der Waals surface area contributed by atoms with Gasteiger partial charge in [0.2, 0.25) is 0 Å². The number of carbonyl (C=O) groups is 1. The number of aryl methyl sites for hydroxylation is 3. The van der Waals surface area contributed by atoms with Gasteiger partial charge in [0.1, 0.15) is 0 Å². The molecule has 3 heterocycles. The summed E-state index contributed by atoms with van der Waals surface area (Å²) in [5, 5.41) is 7.72. The van der Waals surface area contributed by atoms with Crippen LogP contribution in [0.15, 0.2) is 17.1 Å². The second-order valence-corrected chi connectivity index (χ2v) is 8.17. The lowest BCUT2D eigenvalue weighted by molar-refractivity contribution is 0.0947. The van der Waals surface area contributed by atoms with Gasteiger partial charge in [-0.05, 0) is 38.0 Å². The largest absolute Gasteiger partial charge is 0.370 e. The fraction of sp³-hybridized carbons (Fsp3) is 0.556. The summed E-state index contributed by atoms with van der Waals surface area (Å²) in [5.41, 5.74) is 1.87. The first-order valence-electron chi connectivity index (χ1n) is 9.15. The zero-order chi connectivity index (χ0) is 18.1. The van der Waals surface area contributed by atoms with Gasteiger partial charge in [0.25, 0.3) is 11.5 Å². The van der Waals surface area contributed by atoms with Crippen molar-refractivity contribution in [2.45, 2.75) is 32.1 Å². The van der Waals surface area contributed by atoms with E-state index in [1.807, 2.05) is 0 Å². The Bertz CT molecular complexity index is 851. The molecule has 138 valence electrons. The molecule has 1 saturated heterocycles. The molecule has 4 rings (SSSR count). The van der Waals surface area contributed by atoms with Crippen LogP contribution in [0.1, 0.15) is 39.6 Å². The Morgan fingerprint density at radius 3 is 3.04 bits per heavy atom. The maximum atomic E-state index is 12.4. The maximum Gasteiger partial charge on any atom is 0.280 e. The van der Waals surface area contributed by atoms with E-state index in [-0.39, 0.29) is 11.5 Å². The van der Waals surface area contributed by atoms with Gasteiger partial charge in [0, 0.05) is 37.6 Å². The van der Waals surface area contributed by atoms with Gasteiger partial charge in [0.05, 0.1) is 17.6 Å². The third-order valence-electron chi connectivity index (χ3n) is 5.20. The number of anilines is 1. The Morgan fingerprint density at radius 1 is 1.38 bits per heavy atom. The van der Waals surface area contributed by atoms with E-state index in [0.29, 0.717) is 17.5 Å². The predicted molar refractivity (Wildman–Crippen MR) is 101 cm³/mol. The lowest BCUT2D eigenvalue weighted by Crippen LogP contribution is -2.31. The summed E-state index contributed by atoms with van der Waals surface area (Å²) < 4.78 is 1.32. The Morgan fingerprint density at radius 2 is 2.23 bits per heavy atom. The number of carbonyl (C=O) groups excluding carboxylic acids is 1. The normalized spacial score (nSPS) is 19.4. The molecular formula is C18H23N5O2S. The van der Waals surface area contributed by atoms with Crippen molar-refractivity contribution in [3.05, 3.63) is 38.2 Å². The van der Waals surface area contributed by atoms with Gasteiger partial charge in [-0.2, -0.15) is 5.10 Å². The molecule has 0 aromatic carbocycles. The topological polar surface area (TPSA) is 80.1 Å². The quantitative estimate of drug-likeness (QED) is 0.876. The smallest absolute Gasteiger partial charge is 0.280 e. The number of thiazole rings is 1. The standard InChI is InChI=1S/C18H23N5O2S/c1-22-16(24)8-13(10-20-22)23-7-6-12(11-23)9-19-17(25)18-21-14-4-2-3-5-15(14)26-18/h8,10,12H,2-7,9,11H2,1H3,(H,19,25). The van der Waals surface area contributed by atoms with Gasteiger partial charge in [-0.1, -0.05) is 0 Å². The van der Waals surface area contributed by atoms with Crippen LogP contribution in [0.5, 0.6) is 0 Å². The van der Waals surface area contributed by atoms with Crippen LogP contribution >= 0.6 is 11.3 Å². The summed E-state index contributed by atoms with van der Waals surface area (Å²) in [7, 11) is 1.64. The first kappa shape index (κ1) is 17.2. The van der Waals surface area contributed by atoms with Crippen LogP contribution in [0.2, 0.25) is 0 Å². The SMILES string of the molecule is Cn1ncc(N2CCC(CNC(=O)c3nc4c(s3)CCCC4)C2)cc1=O.